The van der Waals surface area contributed by atoms with Crippen LogP contribution < -0.4 is 0 Å². The Balaban J connectivity index is 4.59. The van der Waals surface area contributed by atoms with Crippen LogP contribution in [0, 0.1) is 17.8 Å². The molecule has 1 heteroatoms. The SMILES string of the molecule is CC[P+](CC(C)C)(CC(C)C)CC(C)C. The van der Waals surface area contributed by atoms with E-state index in [4.69, 9.17) is 0 Å². The van der Waals surface area contributed by atoms with Crippen molar-refractivity contribution in [2.75, 3.05) is 24.6 Å². The summed E-state index contributed by atoms with van der Waals surface area (Å²) in [5, 5.41) is 0. The number of hydrogen-bond donors (Lipinski definition) is 0. The van der Waals surface area contributed by atoms with E-state index < -0.39 is 7.26 Å². The van der Waals surface area contributed by atoms with Crippen molar-refractivity contribution in [1.29, 1.82) is 0 Å². The Morgan fingerprint density at radius 1 is 0.667 bits per heavy atom. The van der Waals surface area contributed by atoms with Gasteiger partial charge in [-0.15, -0.1) is 0 Å². The Morgan fingerprint density at radius 2 is 0.933 bits per heavy atom. The van der Waals surface area contributed by atoms with Crippen molar-refractivity contribution in [3.05, 3.63) is 0 Å². The van der Waals surface area contributed by atoms with Crippen molar-refractivity contribution < 1.29 is 0 Å². The molecule has 0 saturated heterocycles. The minimum Gasteiger partial charge on any atom is -0.0593 e. The van der Waals surface area contributed by atoms with Crippen LogP contribution in [-0.4, -0.2) is 24.6 Å². The van der Waals surface area contributed by atoms with Crippen LogP contribution in [-0.2, 0) is 0 Å². The molecule has 0 fully saturated rings. The lowest BCUT2D eigenvalue weighted by Gasteiger charge is -2.31. The summed E-state index contributed by atoms with van der Waals surface area (Å²) in [6.45, 7) is 16.8. The summed E-state index contributed by atoms with van der Waals surface area (Å²) in [6.07, 6.45) is 6.00. The third-order valence-corrected chi connectivity index (χ3v) is 8.78. The molecule has 0 aromatic rings. The highest BCUT2D eigenvalue weighted by Gasteiger charge is 2.37. The Morgan fingerprint density at radius 3 is 1.07 bits per heavy atom. The predicted octanol–water partition coefficient (Wildman–Crippen LogP) is 4.99. The molecule has 15 heavy (non-hydrogen) atoms. The zero-order chi connectivity index (χ0) is 12.1. The van der Waals surface area contributed by atoms with Crippen LogP contribution in [0.2, 0.25) is 0 Å². The summed E-state index contributed by atoms with van der Waals surface area (Å²) in [6, 6.07) is 0. The van der Waals surface area contributed by atoms with E-state index in [2.05, 4.69) is 48.5 Å². The quantitative estimate of drug-likeness (QED) is 0.541. The van der Waals surface area contributed by atoms with E-state index in [0.717, 1.165) is 17.8 Å². The number of rotatable bonds is 7. The lowest BCUT2D eigenvalue weighted by atomic mass is 10.3. The first-order valence-corrected chi connectivity index (χ1v) is 9.19. The maximum absolute atomic E-state index is 2.43. The highest BCUT2D eigenvalue weighted by molar-refractivity contribution is 7.75. The summed E-state index contributed by atoms with van der Waals surface area (Å²) >= 11 is 0. The molecule has 0 bridgehead atoms. The van der Waals surface area contributed by atoms with Crippen LogP contribution in [0.1, 0.15) is 48.5 Å². The van der Waals surface area contributed by atoms with Crippen molar-refractivity contribution in [1.82, 2.24) is 0 Å². The molecule has 0 aromatic carbocycles. The van der Waals surface area contributed by atoms with E-state index in [9.17, 15) is 0 Å². The van der Waals surface area contributed by atoms with Crippen LogP contribution >= 0.6 is 7.26 Å². The maximum Gasteiger partial charge on any atom is 0.0617 e. The molecule has 0 aliphatic carbocycles. The molecule has 0 heterocycles. The summed E-state index contributed by atoms with van der Waals surface area (Å²) in [7, 11) is -0.645. The smallest absolute Gasteiger partial charge is 0.0593 e. The average Bonchev–Trinajstić information content (AvgIpc) is 1.99. The molecule has 0 unspecified atom stereocenters. The number of hydrogen-bond acceptors (Lipinski definition) is 0. The highest BCUT2D eigenvalue weighted by Crippen LogP contribution is 2.61. The fourth-order valence-corrected chi connectivity index (χ4v) is 8.80. The maximum atomic E-state index is 2.43. The molecule has 92 valence electrons. The molecular weight excluding hydrogens is 199 g/mol. The fraction of sp³-hybridized carbons (Fsp3) is 1.00. The average molecular weight is 231 g/mol. The van der Waals surface area contributed by atoms with Crippen molar-refractivity contribution in [3.8, 4) is 0 Å². The van der Waals surface area contributed by atoms with Crippen molar-refractivity contribution in [2.45, 2.75) is 48.5 Å². The van der Waals surface area contributed by atoms with Gasteiger partial charge in [0.1, 0.15) is 0 Å². The zero-order valence-corrected chi connectivity index (χ0v) is 12.9. The van der Waals surface area contributed by atoms with Crippen molar-refractivity contribution in [3.63, 3.8) is 0 Å². The second-order valence-corrected chi connectivity index (χ2v) is 10.8. The van der Waals surface area contributed by atoms with Gasteiger partial charge >= 0.3 is 0 Å². The monoisotopic (exact) mass is 231 g/mol. The van der Waals surface area contributed by atoms with E-state index >= 15 is 0 Å². The van der Waals surface area contributed by atoms with Crippen molar-refractivity contribution in [2.24, 2.45) is 17.8 Å². The van der Waals surface area contributed by atoms with Gasteiger partial charge in [0.25, 0.3) is 0 Å². The minimum absolute atomic E-state index is 0.645. The summed E-state index contributed by atoms with van der Waals surface area (Å²) in [5.41, 5.74) is 0. The van der Waals surface area contributed by atoms with E-state index in [1.807, 2.05) is 0 Å². The van der Waals surface area contributed by atoms with Gasteiger partial charge < -0.3 is 0 Å². The predicted molar refractivity (Wildman–Crippen MR) is 76.6 cm³/mol. The third kappa shape index (κ3) is 6.56. The molecule has 0 spiro atoms. The van der Waals surface area contributed by atoms with E-state index in [1.165, 1.54) is 24.6 Å². The van der Waals surface area contributed by atoms with Crippen molar-refractivity contribution >= 4 is 7.26 Å². The van der Waals surface area contributed by atoms with Gasteiger partial charge in [-0.2, -0.15) is 0 Å². The first kappa shape index (κ1) is 15.4. The first-order valence-electron chi connectivity index (χ1n) is 6.66. The van der Waals surface area contributed by atoms with E-state index in [0.29, 0.717) is 0 Å². The van der Waals surface area contributed by atoms with Gasteiger partial charge in [-0.25, -0.2) is 0 Å². The molecule has 0 nitrogen and oxygen atoms in total. The second-order valence-electron chi connectivity index (χ2n) is 6.39. The van der Waals surface area contributed by atoms with Gasteiger partial charge in [-0.05, 0) is 24.7 Å². The molecule has 0 aliphatic rings. The first-order chi connectivity index (χ1) is 6.81. The minimum atomic E-state index is -0.645. The lowest BCUT2D eigenvalue weighted by molar-refractivity contribution is 0.684. The molecule has 0 aromatic heterocycles. The molecule has 0 rings (SSSR count). The highest BCUT2D eigenvalue weighted by atomic mass is 31.2. The van der Waals surface area contributed by atoms with Gasteiger partial charge in [0.2, 0.25) is 0 Å². The standard InChI is InChI=1S/C14H32P/c1-8-15(9-12(2)3,10-13(4)5)11-14(6)7/h12-14H,8-11H2,1-7H3/q+1. The molecule has 0 atom stereocenters. The zero-order valence-electron chi connectivity index (χ0n) is 12.0. The molecular formula is C14H32P+. The normalized spacial score (nSPS) is 13.2. The largest absolute Gasteiger partial charge is 0.0617 e. The van der Waals surface area contributed by atoms with Crippen LogP contribution in [0.15, 0.2) is 0 Å². The second kappa shape index (κ2) is 6.89. The topological polar surface area (TPSA) is 0 Å². The Labute approximate surface area is 98.6 Å². The van der Waals surface area contributed by atoms with Gasteiger partial charge in [0, 0.05) is 7.26 Å². The van der Waals surface area contributed by atoms with Crippen LogP contribution in [0.25, 0.3) is 0 Å². The summed E-state index contributed by atoms with van der Waals surface area (Å²) in [4.78, 5) is 0. The van der Waals surface area contributed by atoms with Gasteiger partial charge in [0.05, 0.1) is 24.6 Å². The van der Waals surface area contributed by atoms with E-state index in [-0.39, 0.29) is 0 Å². The Kier molecular flexibility index (Phi) is 7.09. The third-order valence-electron chi connectivity index (χ3n) is 2.93. The lowest BCUT2D eigenvalue weighted by Crippen LogP contribution is -2.19. The van der Waals surface area contributed by atoms with Gasteiger partial charge in [-0.1, -0.05) is 41.5 Å². The molecule has 0 aliphatic heterocycles. The Bertz CT molecular complexity index is 132. The molecule has 0 N–H and O–H groups in total. The summed E-state index contributed by atoms with van der Waals surface area (Å²) < 4.78 is 0. The van der Waals surface area contributed by atoms with Gasteiger partial charge in [-0.3, -0.25) is 0 Å². The van der Waals surface area contributed by atoms with Crippen LogP contribution in [0.5, 0.6) is 0 Å². The molecule has 0 amide bonds. The van der Waals surface area contributed by atoms with Crippen LogP contribution in [0.3, 0.4) is 0 Å². The Hall–Kier alpha value is 0.430. The molecule has 0 radical (unpaired) electrons. The van der Waals surface area contributed by atoms with E-state index in [1.54, 1.807) is 0 Å². The van der Waals surface area contributed by atoms with Crippen LogP contribution in [0.4, 0.5) is 0 Å². The van der Waals surface area contributed by atoms with Gasteiger partial charge in [0.15, 0.2) is 0 Å². The fourth-order valence-electron chi connectivity index (χ4n) is 2.93. The summed E-state index contributed by atoms with van der Waals surface area (Å²) in [5.74, 6) is 2.65. The molecule has 0 saturated carbocycles.